The average Bonchev–Trinajstić information content (AvgIpc) is 2.75. The molecule has 1 atom stereocenters. The summed E-state index contributed by atoms with van der Waals surface area (Å²) in [5, 5.41) is 8.50. The van der Waals surface area contributed by atoms with E-state index in [-0.39, 0.29) is 18.5 Å². The number of rotatable bonds is 8. The zero-order valence-corrected chi connectivity index (χ0v) is 11.4. The molecule has 0 spiro atoms. The van der Waals surface area contributed by atoms with E-state index < -0.39 is 5.97 Å². The van der Waals surface area contributed by atoms with Crippen molar-refractivity contribution in [1.82, 2.24) is 4.98 Å². The number of hydrogen-bond acceptors (Lipinski definition) is 3. The van der Waals surface area contributed by atoms with Crippen LogP contribution in [-0.4, -0.2) is 28.1 Å². The predicted molar refractivity (Wildman–Crippen MR) is 71.1 cm³/mol. The Bertz CT molecular complexity index is 425. The molecule has 5 heteroatoms. The third-order valence-electron chi connectivity index (χ3n) is 2.86. The molecule has 106 valence electrons. The van der Waals surface area contributed by atoms with Gasteiger partial charge in [0.15, 0.2) is 0 Å². The Hall–Kier alpha value is -1.78. The van der Waals surface area contributed by atoms with E-state index in [1.807, 2.05) is 13.8 Å². The molecular weight excluding hydrogens is 246 g/mol. The fourth-order valence-corrected chi connectivity index (χ4v) is 1.81. The van der Waals surface area contributed by atoms with Crippen molar-refractivity contribution in [1.29, 1.82) is 0 Å². The number of aryl methyl sites for hydroxylation is 1. The topological polar surface area (TPSA) is 79.4 Å². The van der Waals surface area contributed by atoms with Crippen molar-refractivity contribution < 1.29 is 19.4 Å². The molecule has 0 fully saturated rings. The van der Waals surface area contributed by atoms with Crippen LogP contribution < -0.4 is 0 Å². The van der Waals surface area contributed by atoms with E-state index in [0.717, 1.165) is 24.8 Å². The maximum atomic E-state index is 11.7. The maximum absolute atomic E-state index is 11.7. The minimum absolute atomic E-state index is 0.152. The molecule has 0 saturated carbocycles. The standard InChI is InChI=1S/C14H21NO4/c1-10-8-12(15-9-10)14(18)19-11(2)6-4-3-5-7-13(16)17/h8-9,11,15H,3-7H2,1-2H3,(H,16,17)/t11-/m1/s1. The quantitative estimate of drug-likeness (QED) is 0.560. The molecule has 5 nitrogen and oxygen atoms in total. The van der Waals surface area contributed by atoms with Crippen LogP contribution in [0.2, 0.25) is 0 Å². The van der Waals surface area contributed by atoms with Crippen molar-refractivity contribution in [2.45, 2.75) is 52.1 Å². The number of unbranched alkanes of at least 4 members (excludes halogenated alkanes) is 2. The molecular formula is C14H21NO4. The normalized spacial score (nSPS) is 12.1. The highest BCUT2D eigenvalue weighted by Gasteiger charge is 2.13. The van der Waals surface area contributed by atoms with Crippen LogP contribution in [0.3, 0.4) is 0 Å². The summed E-state index contributed by atoms with van der Waals surface area (Å²) in [5.41, 5.74) is 1.46. The van der Waals surface area contributed by atoms with E-state index in [2.05, 4.69) is 4.98 Å². The van der Waals surface area contributed by atoms with Gasteiger partial charge in [-0.3, -0.25) is 4.79 Å². The minimum atomic E-state index is -0.762. The molecule has 0 bridgehead atoms. The monoisotopic (exact) mass is 267 g/mol. The summed E-state index contributed by atoms with van der Waals surface area (Å²) in [6.07, 6.45) is 4.95. The predicted octanol–water partition coefficient (Wildman–Crippen LogP) is 2.90. The summed E-state index contributed by atoms with van der Waals surface area (Å²) in [6, 6.07) is 1.75. The van der Waals surface area contributed by atoms with Crippen LogP contribution in [-0.2, 0) is 9.53 Å². The first-order chi connectivity index (χ1) is 8.99. The van der Waals surface area contributed by atoms with E-state index in [4.69, 9.17) is 9.84 Å². The molecule has 0 amide bonds. The molecule has 1 rings (SSSR count). The summed E-state index contributed by atoms with van der Waals surface area (Å²) in [4.78, 5) is 24.9. The summed E-state index contributed by atoms with van der Waals surface area (Å²) < 4.78 is 5.29. The van der Waals surface area contributed by atoms with Crippen molar-refractivity contribution in [3.05, 3.63) is 23.5 Å². The Balaban J connectivity index is 2.18. The van der Waals surface area contributed by atoms with Gasteiger partial charge in [-0.1, -0.05) is 6.42 Å². The van der Waals surface area contributed by atoms with Crippen LogP contribution in [0.15, 0.2) is 12.3 Å². The lowest BCUT2D eigenvalue weighted by Gasteiger charge is -2.12. The van der Waals surface area contributed by atoms with Crippen LogP contribution in [0.1, 0.15) is 55.1 Å². The second-order valence-electron chi connectivity index (χ2n) is 4.80. The molecule has 0 aliphatic heterocycles. The van der Waals surface area contributed by atoms with Gasteiger partial charge in [-0.15, -0.1) is 0 Å². The number of hydrogen-bond donors (Lipinski definition) is 2. The van der Waals surface area contributed by atoms with E-state index in [9.17, 15) is 9.59 Å². The highest BCUT2D eigenvalue weighted by atomic mass is 16.5. The van der Waals surface area contributed by atoms with Gasteiger partial charge in [-0.2, -0.15) is 0 Å². The number of carboxylic acid groups (broad SMARTS) is 1. The number of nitrogens with one attached hydrogen (secondary N) is 1. The molecule has 19 heavy (non-hydrogen) atoms. The molecule has 1 aromatic heterocycles. The summed E-state index contributed by atoms with van der Waals surface area (Å²) in [5.74, 6) is -1.10. The van der Waals surface area contributed by atoms with Crippen molar-refractivity contribution >= 4 is 11.9 Å². The van der Waals surface area contributed by atoms with Crippen LogP contribution in [0, 0.1) is 6.92 Å². The van der Waals surface area contributed by atoms with Gasteiger partial charge in [0.1, 0.15) is 5.69 Å². The van der Waals surface area contributed by atoms with Gasteiger partial charge in [-0.25, -0.2) is 4.79 Å². The smallest absolute Gasteiger partial charge is 0.355 e. The van der Waals surface area contributed by atoms with Crippen molar-refractivity contribution in [2.24, 2.45) is 0 Å². The molecule has 0 aliphatic carbocycles. The van der Waals surface area contributed by atoms with Crippen molar-refractivity contribution in [3.8, 4) is 0 Å². The first-order valence-corrected chi connectivity index (χ1v) is 6.57. The Morgan fingerprint density at radius 2 is 2.11 bits per heavy atom. The SMILES string of the molecule is Cc1c[nH]c(C(=O)O[C@H](C)CCCCCC(=O)O)c1. The fraction of sp³-hybridized carbons (Fsp3) is 0.571. The first kappa shape index (κ1) is 15.3. The fourth-order valence-electron chi connectivity index (χ4n) is 1.81. The van der Waals surface area contributed by atoms with E-state index >= 15 is 0 Å². The second kappa shape index (κ2) is 7.61. The number of H-pyrrole nitrogens is 1. The van der Waals surface area contributed by atoms with E-state index in [1.165, 1.54) is 0 Å². The van der Waals surface area contributed by atoms with Gasteiger partial charge in [0, 0.05) is 12.6 Å². The Kier molecular flexibility index (Phi) is 6.12. The first-order valence-electron chi connectivity index (χ1n) is 6.57. The molecule has 0 saturated heterocycles. The lowest BCUT2D eigenvalue weighted by molar-refractivity contribution is -0.137. The Labute approximate surface area is 113 Å². The number of ether oxygens (including phenoxy) is 1. The van der Waals surface area contributed by atoms with Gasteiger partial charge < -0.3 is 14.8 Å². The minimum Gasteiger partial charge on any atom is -0.481 e. The number of carbonyl (C=O) groups excluding carboxylic acids is 1. The Morgan fingerprint density at radius 1 is 1.37 bits per heavy atom. The molecule has 1 aromatic rings. The highest BCUT2D eigenvalue weighted by molar-refractivity contribution is 5.87. The average molecular weight is 267 g/mol. The molecule has 1 heterocycles. The number of aromatic nitrogens is 1. The number of aromatic amines is 1. The third-order valence-corrected chi connectivity index (χ3v) is 2.86. The van der Waals surface area contributed by atoms with Crippen molar-refractivity contribution in [3.63, 3.8) is 0 Å². The van der Waals surface area contributed by atoms with Crippen molar-refractivity contribution in [2.75, 3.05) is 0 Å². The summed E-state index contributed by atoms with van der Waals surface area (Å²) in [6.45, 7) is 3.75. The van der Waals surface area contributed by atoms with Crippen LogP contribution in [0.5, 0.6) is 0 Å². The molecule has 0 unspecified atom stereocenters. The Morgan fingerprint density at radius 3 is 2.68 bits per heavy atom. The highest BCUT2D eigenvalue weighted by Crippen LogP contribution is 2.11. The third kappa shape index (κ3) is 6.08. The largest absolute Gasteiger partial charge is 0.481 e. The summed E-state index contributed by atoms with van der Waals surface area (Å²) >= 11 is 0. The lowest BCUT2D eigenvalue weighted by Crippen LogP contribution is -2.15. The maximum Gasteiger partial charge on any atom is 0.355 e. The van der Waals surface area contributed by atoms with Crippen LogP contribution in [0.25, 0.3) is 0 Å². The zero-order valence-electron chi connectivity index (χ0n) is 11.4. The van der Waals surface area contributed by atoms with Crippen LogP contribution in [0.4, 0.5) is 0 Å². The number of aliphatic carboxylic acids is 1. The number of carboxylic acids is 1. The second-order valence-corrected chi connectivity index (χ2v) is 4.80. The molecule has 0 aliphatic rings. The van der Waals surface area contributed by atoms with Crippen LogP contribution >= 0.6 is 0 Å². The van der Waals surface area contributed by atoms with Gasteiger partial charge in [0.2, 0.25) is 0 Å². The zero-order chi connectivity index (χ0) is 14.3. The number of esters is 1. The van der Waals surface area contributed by atoms with Gasteiger partial charge in [0.25, 0.3) is 0 Å². The van der Waals surface area contributed by atoms with Gasteiger partial charge in [0.05, 0.1) is 6.10 Å². The van der Waals surface area contributed by atoms with E-state index in [0.29, 0.717) is 12.1 Å². The molecule has 0 aromatic carbocycles. The molecule has 0 radical (unpaired) electrons. The number of carbonyl (C=O) groups is 2. The van der Waals surface area contributed by atoms with Gasteiger partial charge in [-0.05, 0) is 44.7 Å². The van der Waals surface area contributed by atoms with Gasteiger partial charge >= 0.3 is 11.9 Å². The molecule has 2 N–H and O–H groups in total. The van der Waals surface area contributed by atoms with E-state index in [1.54, 1.807) is 12.3 Å². The summed E-state index contributed by atoms with van der Waals surface area (Å²) in [7, 11) is 0. The lowest BCUT2D eigenvalue weighted by atomic mass is 10.1.